The van der Waals surface area contributed by atoms with Gasteiger partial charge in [-0.15, -0.1) is 11.3 Å². The molecule has 2 atom stereocenters. The smallest absolute Gasteiger partial charge is 0.0963 e. The number of aliphatic hydroxyl groups is 1. The SMILES string of the molecule is NCC(c1ccccc1Cl)C(O)c1cc2ccccc2s1. The molecule has 1 heterocycles. The predicted molar refractivity (Wildman–Crippen MR) is 90.0 cm³/mol. The van der Waals surface area contributed by atoms with Crippen LogP contribution in [0.5, 0.6) is 0 Å². The quantitative estimate of drug-likeness (QED) is 0.752. The predicted octanol–water partition coefficient (Wildman–Crippen LogP) is 4.33. The molecule has 0 aliphatic heterocycles. The van der Waals surface area contributed by atoms with E-state index < -0.39 is 6.10 Å². The van der Waals surface area contributed by atoms with Crippen molar-refractivity contribution in [3.05, 3.63) is 70.1 Å². The van der Waals surface area contributed by atoms with E-state index in [2.05, 4.69) is 12.1 Å². The van der Waals surface area contributed by atoms with Crippen LogP contribution in [-0.2, 0) is 0 Å². The summed E-state index contributed by atoms with van der Waals surface area (Å²) in [6.45, 7) is 0.346. The van der Waals surface area contributed by atoms with E-state index >= 15 is 0 Å². The first-order valence-corrected chi connectivity index (χ1v) is 8.01. The van der Waals surface area contributed by atoms with Gasteiger partial charge >= 0.3 is 0 Å². The molecule has 0 fully saturated rings. The average molecular weight is 318 g/mol. The third kappa shape index (κ3) is 2.83. The maximum Gasteiger partial charge on any atom is 0.0963 e. The van der Waals surface area contributed by atoms with Gasteiger partial charge in [0.2, 0.25) is 0 Å². The molecule has 0 saturated heterocycles. The highest BCUT2D eigenvalue weighted by molar-refractivity contribution is 7.19. The second kappa shape index (κ2) is 6.16. The molecule has 21 heavy (non-hydrogen) atoms. The lowest BCUT2D eigenvalue weighted by atomic mass is 9.92. The molecule has 4 heteroatoms. The van der Waals surface area contributed by atoms with E-state index in [0.717, 1.165) is 15.8 Å². The van der Waals surface area contributed by atoms with Crippen LogP contribution in [0.1, 0.15) is 22.5 Å². The molecular weight excluding hydrogens is 302 g/mol. The van der Waals surface area contributed by atoms with Crippen LogP contribution in [0.2, 0.25) is 5.02 Å². The number of thiophene rings is 1. The second-order valence-corrected chi connectivity index (χ2v) is 6.52. The number of aliphatic hydroxyl groups excluding tert-OH is 1. The molecule has 2 aromatic carbocycles. The molecule has 0 saturated carbocycles. The van der Waals surface area contributed by atoms with Gasteiger partial charge in [-0.1, -0.05) is 48.0 Å². The lowest BCUT2D eigenvalue weighted by Gasteiger charge is -2.21. The van der Waals surface area contributed by atoms with E-state index in [-0.39, 0.29) is 5.92 Å². The molecule has 2 unspecified atom stereocenters. The summed E-state index contributed by atoms with van der Waals surface area (Å²) in [5, 5.41) is 12.5. The number of hydrogen-bond donors (Lipinski definition) is 2. The molecule has 2 nitrogen and oxygen atoms in total. The van der Waals surface area contributed by atoms with Gasteiger partial charge in [0.25, 0.3) is 0 Å². The zero-order chi connectivity index (χ0) is 14.8. The summed E-state index contributed by atoms with van der Waals surface area (Å²) in [4.78, 5) is 0.923. The number of fused-ring (bicyclic) bond motifs is 1. The van der Waals surface area contributed by atoms with E-state index in [1.807, 2.05) is 42.5 Å². The Morgan fingerprint density at radius 3 is 2.52 bits per heavy atom. The summed E-state index contributed by atoms with van der Waals surface area (Å²) >= 11 is 7.85. The van der Waals surface area contributed by atoms with Gasteiger partial charge in [0.15, 0.2) is 0 Å². The van der Waals surface area contributed by atoms with Crippen LogP contribution in [0.3, 0.4) is 0 Å². The van der Waals surface area contributed by atoms with Crippen molar-refractivity contribution in [1.82, 2.24) is 0 Å². The van der Waals surface area contributed by atoms with Crippen molar-refractivity contribution in [1.29, 1.82) is 0 Å². The van der Waals surface area contributed by atoms with Crippen LogP contribution in [0.15, 0.2) is 54.6 Å². The van der Waals surface area contributed by atoms with Gasteiger partial charge in [0, 0.05) is 27.1 Å². The van der Waals surface area contributed by atoms with Crippen LogP contribution in [0, 0.1) is 0 Å². The largest absolute Gasteiger partial charge is 0.387 e. The molecule has 3 N–H and O–H groups in total. The van der Waals surface area contributed by atoms with Crippen molar-refractivity contribution < 1.29 is 5.11 Å². The minimum absolute atomic E-state index is 0.202. The van der Waals surface area contributed by atoms with E-state index in [4.69, 9.17) is 17.3 Å². The lowest BCUT2D eigenvalue weighted by Crippen LogP contribution is -2.19. The molecule has 3 aromatic rings. The number of rotatable bonds is 4. The van der Waals surface area contributed by atoms with Gasteiger partial charge in [-0.2, -0.15) is 0 Å². The highest BCUT2D eigenvalue weighted by Crippen LogP contribution is 2.38. The average Bonchev–Trinajstić information content (AvgIpc) is 2.93. The van der Waals surface area contributed by atoms with Crippen molar-refractivity contribution in [3.8, 4) is 0 Å². The molecular formula is C17H16ClNOS. The van der Waals surface area contributed by atoms with Crippen molar-refractivity contribution in [3.63, 3.8) is 0 Å². The maximum absolute atomic E-state index is 10.7. The van der Waals surface area contributed by atoms with Crippen LogP contribution in [-0.4, -0.2) is 11.7 Å². The molecule has 3 rings (SSSR count). The Morgan fingerprint density at radius 2 is 1.81 bits per heavy atom. The van der Waals surface area contributed by atoms with E-state index in [0.29, 0.717) is 11.6 Å². The summed E-state index contributed by atoms with van der Waals surface area (Å²) in [5.41, 5.74) is 6.79. The first-order chi connectivity index (χ1) is 10.2. The standard InChI is InChI=1S/C17H16ClNOS/c18-14-7-3-2-6-12(14)13(10-19)17(20)16-9-11-5-1-4-8-15(11)21-16/h1-9,13,17,20H,10,19H2. The van der Waals surface area contributed by atoms with Gasteiger partial charge in [0.05, 0.1) is 6.10 Å². The summed E-state index contributed by atoms with van der Waals surface area (Å²) in [6.07, 6.45) is -0.646. The molecule has 0 amide bonds. The lowest BCUT2D eigenvalue weighted by molar-refractivity contribution is 0.151. The summed E-state index contributed by atoms with van der Waals surface area (Å²) in [5.74, 6) is -0.202. The Hall–Kier alpha value is -1.39. The zero-order valence-corrected chi connectivity index (χ0v) is 12.9. The third-order valence-electron chi connectivity index (χ3n) is 3.68. The highest BCUT2D eigenvalue weighted by atomic mass is 35.5. The molecule has 0 spiro atoms. The fourth-order valence-electron chi connectivity index (χ4n) is 2.55. The zero-order valence-electron chi connectivity index (χ0n) is 11.4. The van der Waals surface area contributed by atoms with Crippen LogP contribution < -0.4 is 5.73 Å². The molecule has 0 aliphatic carbocycles. The van der Waals surface area contributed by atoms with Crippen molar-refractivity contribution in [2.24, 2.45) is 5.73 Å². The molecule has 0 radical (unpaired) electrons. The molecule has 108 valence electrons. The normalized spacial score (nSPS) is 14.2. The Labute approximate surface area is 132 Å². The second-order valence-electron chi connectivity index (χ2n) is 5.00. The first-order valence-electron chi connectivity index (χ1n) is 6.81. The topological polar surface area (TPSA) is 46.2 Å². The van der Waals surface area contributed by atoms with Crippen LogP contribution >= 0.6 is 22.9 Å². The highest BCUT2D eigenvalue weighted by Gasteiger charge is 2.24. The Kier molecular flexibility index (Phi) is 4.27. The van der Waals surface area contributed by atoms with E-state index in [9.17, 15) is 5.11 Å². The molecule has 0 bridgehead atoms. The van der Waals surface area contributed by atoms with Gasteiger partial charge in [-0.3, -0.25) is 0 Å². The molecule has 1 aromatic heterocycles. The number of hydrogen-bond acceptors (Lipinski definition) is 3. The van der Waals surface area contributed by atoms with Crippen molar-refractivity contribution >= 4 is 33.0 Å². The van der Waals surface area contributed by atoms with Gasteiger partial charge in [-0.25, -0.2) is 0 Å². The molecule has 0 aliphatic rings. The van der Waals surface area contributed by atoms with E-state index in [1.54, 1.807) is 11.3 Å². The fourth-order valence-corrected chi connectivity index (χ4v) is 3.94. The minimum atomic E-state index is -0.646. The van der Waals surface area contributed by atoms with Crippen molar-refractivity contribution in [2.75, 3.05) is 6.54 Å². The van der Waals surface area contributed by atoms with Crippen LogP contribution in [0.4, 0.5) is 0 Å². The van der Waals surface area contributed by atoms with Crippen LogP contribution in [0.25, 0.3) is 10.1 Å². The Balaban J connectivity index is 1.98. The maximum atomic E-state index is 10.7. The number of nitrogens with two attached hydrogens (primary N) is 1. The summed E-state index contributed by atoms with van der Waals surface area (Å²) in [7, 11) is 0. The van der Waals surface area contributed by atoms with Gasteiger partial charge in [-0.05, 0) is 29.1 Å². The Bertz CT molecular complexity index is 722. The monoisotopic (exact) mass is 317 g/mol. The number of benzene rings is 2. The Morgan fingerprint density at radius 1 is 1.10 bits per heavy atom. The van der Waals surface area contributed by atoms with Crippen molar-refractivity contribution in [2.45, 2.75) is 12.0 Å². The van der Waals surface area contributed by atoms with Gasteiger partial charge in [0.1, 0.15) is 0 Å². The fraction of sp³-hybridized carbons (Fsp3) is 0.176. The van der Waals surface area contributed by atoms with Gasteiger partial charge < -0.3 is 10.8 Å². The number of halogens is 1. The minimum Gasteiger partial charge on any atom is -0.387 e. The van der Waals surface area contributed by atoms with E-state index in [1.165, 1.54) is 4.70 Å². The first kappa shape index (κ1) is 14.5. The summed E-state index contributed by atoms with van der Waals surface area (Å²) in [6, 6.07) is 17.7. The third-order valence-corrected chi connectivity index (χ3v) is 5.21. The summed E-state index contributed by atoms with van der Waals surface area (Å²) < 4.78 is 1.17.